The molecule has 1 atom stereocenters. The molecule has 0 radical (unpaired) electrons. The summed E-state index contributed by atoms with van der Waals surface area (Å²) in [5.41, 5.74) is 0.508. The lowest BCUT2D eigenvalue weighted by molar-refractivity contribution is -0.384. The minimum atomic E-state index is -0.513. The van der Waals surface area contributed by atoms with Gasteiger partial charge in [-0.2, -0.15) is 0 Å². The topological polar surface area (TPSA) is 84.3 Å². The molecule has 1 rings (SSSR count). The number of carbonyl (C=O) groups is 1. The first-order valence-electron chi connectivity index (χ1n) is 5.95. The lowest BCUT2D eigenvalue weighted by Crippen LogP contribution is -2.23. The van der Waals surface area contributed by atoms with Crippen LogP contribution < -0.4 is 10.6 Å². The summed E-state index contributed by atoms with van der Waals surface area (Å²) in [6, 6.07) is 4.25. The summed E-state index contributed by atoms with van der Waals surface area (Å²) in [7, 11) is 0. The smallest absolute Gasteiger partial charge is 0.293 e. The van der Waals surface area contributed by atoms with Gasteiger partial charge in [0.2, 0.25) is 0 Å². The van der Waals surface area contributed by atoms with Crippen molar-refractivity contribution < 1.29 is 9.72 Å². The van der Waals surface area contributed by atoms with Crippen molar-refractivity contribution in [3.8, 4) is 0 Å². The molecule has 1 unspecified atom stereocenters. The van der Waals surface area contributed by atoms with Crippen molar-refractivity contribution in [3.05, 3.63) is 46.5 Å². The third-order valence-electron chi connectivity index (χ3n) is 2.53. The van der Waals surface area contributed by atoms with E-state index in [2.05, 4.69) is 17.2 Å². The molecule has 0 aliphatic rings. The monoisotopic (exact) mass is 263 g/mol. The highest BCUT2D eigenvalue weighted by Crippen LogP contribution is 2.26. The summed E-state index contributed by atoms with van der Waals surface area (Å²) in [5, 5.41) is 16.6. The molecule has 0 heterocycles. The van der Waals surface area contributed by atoms with Crippen LogP contribution in [0.4, 0.5) is 11.4 Å². The molecule has 0 aliphatic carbocycles. The lowest BCUT2D eigenvalue weighted by atomic mass is 10.1. The predicted octanol–water partition coefficient (Wildman–Crippen LogP) is 2.33. The van der Waals surface area contributed by atoms with Crippen LogP contribution in [0.15, 0.2) is 30.9 Å². The van der Waals surface area contributed by atoms with Gasteiger partial charge in [-0.15, -0.1) is 6.58 Å². The number of nitro groups is 1. The van der Waals surface area contributed by atoms with E-state index < -0.39 is 4.92 Å². The number of carbonyl (C=O) groups excluding carboxylic acids is 1. The molecule has 0 saturated carbocycles. The van der Waals surface area contributed by atoms with Crippen molar-refractivity contribution in [2.24, 2.45) is 0 Å². The second-order valence-electron chi connectivity index (χ2n) is 4.02. The zero-order valence-corrected chi connectivity index (χ0v) is 11.0. The van der Waals surface area contributed by atoms with E-state index in [4.69, 9.17) is 0 Å². The van der Waals surface area contributed by atoms with Gasteiger partial charge >= 0.3 is 0 Å². The van der Waals surface area contributed by atoms with E-state index in [1.165, 1.54) is 12.1 Å². The Labute approximate surface area is 111 Å². The molecule has 0 saturated heterocycles. The van der Waals surface area contributed by atoms with Gasteiger partial charge in [0.1, 0.15) is 5.69 Å². The Morgan fingerprint density at radius 3 is 2.79 bits per heavy atom. The quantitative estimate of drug-likeness (QED) is 0.468. The molecule has 6 heteroatoms. The van der Waals surface area contributed by atoms with E-state index in [0.717, 1.165) is 0 Å². The van der Waals surface area contributed by atoms with Gasteiger partial charge in [-0.05, 0) is 26.0 Å². The number of nitrogens with zero attached hydrogens (tertiary/aromatic N) is 1. The Hall–Kier alpha value is -2.37. The number of rotatable bonds is 6. The molecule has 6 nitrogen and oxygen atoms in total. The van der Waals surface area contributed by atoms with E-state index >= 15 is 0 Å². The number of hydrogen-bond donors (Lipinski definition) is 2. The van der Waals surface area contributed by atoms with Gasteiger partial charge < -0.3 is 10.6 Å². The van der Waals surface area contributed by atoms with Gasteiger partial charge in [-0.3, -0.25) is 14.9 Å². The third-order valence-corrected chi connectivity index (χ3v) is 2.53. The number of hydrogen-bond acceptors (Lipinski definition) is 4. The van der Waals surface area contributed by atoms with E-state index in [1.54, 1.807) is 19.1 Å². The van der Waals surface area contributed by atoms with E-state index in [0.29, 0.717) is 12.2 Å². The summed E-state index contributed by atoms with van der Waals surface area (Å²) in [5.74, 6) is -0.325. The Morgan fingerprint density at radius 2 is 2.26 bits per heavy atom. The first-order valence-corrected chi connectivity index (χ1v) is 5.95. The van der Waals surface area contributed by atoms with Gasteiger partial charge in [0, 0.05) is 24.2 Å². The predicted molar refractivity (Wildman–Crippen MR) is 74.4 cm³/mol. The van der Waals surface area contributed by atoms with Crippen molar-refractivity contribution in [3.63, 3.8) is 0 Å². The Morgan fingerprint density at radius 1 is 1.58 bits per heavy atom. The van der Waals surface area contributed by atoms with Crippen LogP contribution >= 0.6 is 0 Å². The Kier molecular flexibility index (Phi) is 5.05. The van der Waals surface area contributed by atoms with Crippen LogP contribution in [0.5, 0.6) is 0 Å². The van der Waals surface area contributed by atoms with E-state index in [9.17, 15) is 14.9 Å². The molecule has 0 aromatic heterocycles. The van der Waals surface area contributed by atoms with Crippen LogP contribution in [0.25, 0.3) is 0 Å². The molecule has 2 N–H and O–H groups in total. The standard InChI is InChI=1S/C13H17N3O3/c1-4-9(3)15-11-7-6-10(13(17)14-5-2)8-12(11)16(18)19/h4,6-9,15H,1,5H2,2-3H3,(H,14,17). The van der Waals surface area contributed by atoms with Crippen LogP contribution in [0.3, 0.4) is 0 Å². The molecular formula is C13H17N3O3. The fraction of sp³-hybridized carbons (Fsp3) is 0.308. The molecule has 1 amide bonds. The van der Waals surface area contributed by atoms with Crippen molar-refractivity contribution in [2.45, 2.75) is 19.9 Å². The maximum Gasteiger partial charge on any atom is 0.293 e. The summed E-state index contributed by atoms with van der Waals surface area (Å²) < 4.78 is 0. The molecule has 102 valence electrons. The molecule has 0 spiro atoms. The zero-order valence-electron chi connectivity index (χ0n) is 11.0. The molecule has 0 aliphatic heterocycles. The molecule has 1 aromatic rings. The fourth-order valence-corrected chi connectivity index (χ4v) is 1.51. The Balaban J connectivity index is 3.11. The highest BCUT2D eigenvalue weighted by molar-refractivity contribution is 5.95. The van der Waals surface area contributed by atoms with Crippen molar-refractivity contribution in [1.82, 2.24) is 5.32 Å². The van der Waals surface area contributed by atoms with E-state index in [1.807, 2.05) is 6.92 Å². The maximum absolute atomic E-state index is 11.6. The van der Waals surface area contributed by atoms with Crippen LogP contribution in [0, 0.1) is 10.1 Å². The second-order valence-corrected chi connectivity index (χ2v) is 4.02. The number of anilines is 1. The maximum atomic E-state index is 11.6. The van der Waals surface area contributed by atoms with Crippen LogP contribution in [0.2, 0.25) is 0 Å². The average Bonchev–Trinajstić information content (AvgIpc) is 2.38. The summed E-state index contributed by atoms with van der Waals surface area (Å²) in [6.07, 6.45) is 1.64. The zero-order chi connectivity index (χ0) is 14.4. The second kappa shape index (κ2) is 6.53. The SMILES string of the molecule is C=CC(C)Nc1ccc(C(=O)NCC)cc1[N+](=O)[O-]. The highest BCUT2D eigenvalue weighted by atomic mass is 16.6. The first kappa shape index (κ1) is 14.7. The number of amides is 1. The van der Waals surface area contributed by atoms with Crippen LogP contribution in [0.1, 0.15) is 24.2 Å². The van der Waals surface area contributed by atoms with Crippen LogP contribution in [-0.2, 0) is 0 Å². The number of nitrogens with one attached hydrogen (secondary N) is 2. The summed E-state index contributed by atoms with van der Waals surface area (Å²) in [6.45, 7) is 7.69. The fourth-order valence-electron chi connectivity index (χ4n) is 1.51. The van der Waals surface area contributed by atoms with E-state index in [-0.39, 0.29) is 23.2 Å². The van der Waals surface area contributed by atoms with Gasteiger partial charge in [0.25, 0.3) is 11.6 Å². The summed E-state index contributed by atoms with van der Waals surface area (Å²) >= 11 is 0. The third kappa shape index (κ3) is 3.80. The largest absolute Gasteiger partial charge is 0.374 e. The summed E-state index contributed by atoms with van der Waals surface area (Å²) in [4.78, 5) is 22.2. The Bertz CT molecular complexity index is 500. The molecule has 0 fully saturated rings. The number of nitro benzene ring substituents is 1. The first-order chi connectivity index (χ1) is 8.99. The highest BCUT2D eigenvalue weighted by Gasteiger charge is 2.17. The van der Waals surface area contributed by atoms with Gasteiger partial charge in [-0.25, -0.2) is 0 Å². The van der Waals surface area contributed by atoms with Crippen molar-refractivity contribution in [2.75, 3.05) is 11.9 Å². The average molecular weight is 263 g/mol. The number of benzene rings is 1. The molecular weight excluding hydrogens is 246 g/mol. The molecule has 19 heavy (non-hydrogen) atoms. The van der Waals surface area contributed by atoms with Crippen LogP contribution in [-0.4, -0.2) is 23.4 Å². The normalized spacial score (nSPS) is 11.5. The van der Waals surface area contributed by atoms with Gasteiger partial charge in [0.05, 0.1) is 4.92 Å². The lowest BCUT2D eigenvalue weighted by Gasteiger charge is -2.12. The minimum Gasteiger partial charge on any atom is -0.374 e. The van der Waals surface area contributed by atoms with Gasteiger partial charge in [0.15, 0.2) is 0 Å². The van der Waals surface area contributed by atoms with Gasteiger partial charge in [-0.1, -0.05) is 6.08 Å². The van der Waals surface area contributed by atoms with Crippen molar-refractivity contribution >= 4 is 17.3 Å². The molecule has 1 aromatic carbocycles. The molecule has 0 bridgehead atoms. The minimum absolute atomic E-state index is 0.103. The van der Waals surface area contributed by atoms with Crippen molar-refractivity contribution in [1.29, 1.82) is 0 Å².